The standard InChI is InChI=1S/C20H32/c1-3-15-9-11-19-18-10-8-14-6-4-5-7-16(14)17(18)12-13-20(15,19)2/h14-15,18-19H,3-13H2,1-2H3/t14?,15-,18+,19-,20+/m0/s1. The second kappa shape index (κ2) is 4.89. The molecule has 3 saturated carbocycles. The summed E-state index contributed by atoms with van der Waals surface area (Å²) >= 11 is 0. The van der Waals surface area contributed by atoms with Crippen molar-refractivity contribution in [3.8, 4) is 0 Å². The second-order valence-corrected chi connectivity index (χ2v) is 8.47. The molecule has 0 N–H and O–H groups in total. The average molecular weight is 272 g/mol. The molecular weight excluding hydrogens is 240 g/mol. The van der Waals surface area contributed by atoms with Gasteiger partial charge in [0.05, 0.1) is 0 Å². The van der Waals surface area contributed by atoms with Gasteiger partial charge in [0.2, 0.25) is 0 Å². The van der Waals surface area contributed by atoms with Gasteiger partial charge in [-0.25, -0.2) is 0 Å². The first-order valence-electron chi connectivity index (χ1n) is 9.46. The Hall–Kier alpha value is -0.260. The predicted octanol–water partition coefficient (Wildman–Crippen LogP) is 6.12. The Balaban J connectivity index is 1.67. The van der Waals surface area contributed by atoms with Crippen LogP contribution in [-0.2, 0) is 0 Å². The van der Waals surface area contributed by atoms with E-state index in [9.17, 15) is 0 Å². The molecule has 0 aromatic rings. The molecule has 0 spiro atoms. The van der Waals surface area contributed by atoms with Gasteiger partial charge in [-0.15, -0.1) is 0 Å². The SMILES string of the molecule is CC[C@H]1CC[C@H]2[C@@H]3CCC4CCCCC4=C3CC[C@]12C. The van der Waals surface area contributed by atoms with E-state index in [1.807, 2.05) is 11.1 Å². The van der Waals surface area contributed by atoms with Crippen molar-refractivity contribution in [3.05, 3.63) is 11.1 Å². The second-order valence-electron chi connectivity index (χ2n) is 8.47. The first kappa shape index (κ1) is 13.4. The van der Waals surface area contributed by atoms with Crippen molar-refractivity contribution >= 4 is 0 Å². The fraction of sp³-hybridized carbons (Fsp3) is 0.900. The summed E-state index contributed by atoms with van der Waals surface area (Å²) in [7, 11) is 0. The molecule has 4 rings (SSSR count). The molecular formula is C20H32. The topological polar surface area (TPSA) is 0 Å². The van der Waals surface area contributed by atoms with Crippen LogP contribution in [0.2, 0.25) is 0 Å². The molecule has 0 heterocycles. The Bertz CT molecular complexity index is 418. The number of hydrogen-bond acceptors (Lipinski definition) is 0. The minimum atomic E-state index is 0.699. The first-order chi connectivity index (χ1) is 9.74. The maximum absolute atomic E-state index is 2.66. The van der Waals surface area contributed by atoms with Gasteiger partial charge in [0.25, 0.3) is 0 Å². The van der Waals surface area contributed by atoms with Crippen molar-refractivity contribution in [1.29, 1.82) is 0 Å². The van der Waals surface area contributed by atoms with Crippen LogP contribution in [0.4, 0.5) is 0 Å². The van der Waals surface area contributed by atoms with Gasteiger partial charge in [-0.2, -0.15) is 0 Å². The van der Waals surface area contributed by atoms with Gasteiger partial charge in [0.1, 0.15) is 0 Å². The highest BCUT2D eigenvalue weighted by Gasteiger charge is 2.52. The zero-order chi connectivity index (χ0) is 13.7. The Morgan fingerprint density at radius 1 is 0.950 bits per heavy atom. The molecule has 4 aliphatic rings. The summed E-state index contributed by atoms with van der Waals surface area (Å²) < 4.78 is 0. The van der Waals surface area contributed by atoms with Crippen molar-refractivity contribution < 1.29 is 0 Å². The molecule has 0 radical (unpaired) electrons. The van der Waals surface area contributed by atoms with Crippen LogP contribution in [-0.4, -0.2) is 0 Å². The summed E-state index contributed by atoms with van der Waals surface area (Å²) in [5, 5.41) is 0. The van der Waals surface area contributed by atoms with Crippen molar-refractivity contribution in [2.75, 3.05) is 0 Å². The highest BCUT2D eigenvalue weighted by atomic mass is 14.6. The molecule has 0 aliphatic heterocycles. The monoisotopic (exact) mass is 272 g/mol. The number of rotatable bonds is 1. The number of hydrogen-bond donors (Lipinski definition) is 0. The van der Waals surface area contributed by atoms with E-state index in [-0.39, 0.29) is 0 Å². The van der Waals surface area contributed by atoms with Crippen LogP contribution in [0.1, 0.15) is 84.5 Å². The molecule has 0 nitrogen and oxygen atoms in total. The van der Waals surface area contributed by atoms with Crippen molar-refractivity contribution in [1.82, 2.24) is 0 Å². The summed E-state index contributed by atoms with van der Waals surface area (Å²) in [4.78, 5) is 0. The fourth-order valence-corrected chi connectivity index (χ4v) is 6.88. The van der Waals surface area contributed by atoms with Gasteiger partial charge < -0.3 is 0 Å². The fourth-order valence-electron chi connectivity index (χ4n) is 6.88. The molecule has 0 bridgehead atoms. The van der Waals surface area contributed by atoms with Crippen LogP contribution in [0.15, 0.2) is 11.1 Å². The third kappa shape index (κ3) is 1.79. The summed E-state index contributed by atoms with van der Waals surface area (Å²) in [5.41, 5.74) is 4.68. The van der Waals surface area contributed by atoms with Gasteiger partial charge in [0, 0.05) is 0 Å². The third-order valence-corrected chi connectivity index (χ3v) is 7.95. The maximum Gasteiger partial charge on any atom is -0.0167 e. The van der Waals surface area contributed by atoms with E-state index >= 15 is 0 Å². The average Bonchev–Trinajstić information content (AvgIpc) is 2.83. The van der Waals surface area contributed by atoms with Gasteiger partial charge in [-0.3, -0.25) is 0 Å². The molecule has 20 heavy (non-hydrogen) atoms. The molecule has 1 unspecified atom stereocenters. The van der Waals surface area contributed by atoms with E-state index in [2.05, 4.69) is 13.8 Å². The number of fused-ring (bicyclic) bond motifs is 4. The highest BCUT2D eigenvalue weighted by molar-refractivity contribution is 5.28. The van der Waals surface area contributed by atoms with Gasteiger partial charge in [-0.05, 0) is 86.9 Å². The lowest BCUT2D eigenvalue weighted by molar-refractivity contribution is 0.0664. The molecule has 0 aromatic heterocycles. The normalized spacial score (nSPS) is 47.7. The smallest absolute Gasteiger partial charge is 0.0167 e. The minimum Gasteiger partial charge on any atom is -0.0676 e. The molecule has 4 aliphatic carbocycles. The van der Waals surface area contributed by atoms with E-state index in [1.165, 1.54) is 57.8 Å². The van der Waals surface area contributed by atoms with Crippen molar-refractivity contribution in [3.63, 3.8) is 0 Å². The van der Waals surface area contributed by atoms with Crippen LogP contribution in [0.3, 0.4) is 0 Å². The van der Waals surface area contributed by atoms with Gasteiger partial charge in [0.15, 0.2) is 0 Å². The van der Waals surface area contributed by atoms with E-state index in [0.29, 0.717) is 5.41 Å². The zero-order valence-electron chi connectivity index (χ0n) is 13.6. The number of allylic oxidation sites excluding steroid dienone is 2. The van der Waals surface area contributed by atoms with Crippen molar-refractivity contribution in [2.45, 2.75) is 84.5 Å². The van der Waals surface area contributed by atoms with Gasteiger partial charge in [-0.1, -0.05) is 37.8 Å². The molecule has 0 amide bonds. The lowest BCUT2D eigenvalue weighted by Gasteiger charge is -2.50. The van der Waals surface area contributed by atoms with Gasteiger partial charge >= 0.3 is 0 Å². The highest BCUT2D eigenvalue weighted by Crippen LogP contribution is 2.63. The van der Waals surface area contributed by atoms with E-state index in [0.717, 1.165) is 23.7 Å². The summed E-state index contributed by atoms with van der Waals surface area (Å²) in [6.07, 6.45) is 16.5. The maximum atomic E-state index is 2.66. The zero-order valence-corrected chi connectivity index (χ0v) is 13.6. The molecule has 0 heteroatoms. The lowest BCUT2D eigenvalue weighted by atomic mass is 9.55. The molecule has 0 aromatic carbocycles. The first-order valence-corrected chi connectivity index (χ1v) is 9.46. The Morgan fingerprint density at radius 3 is 2.70 bits per heavy atom. The summed E-state index contributed by atoms with van der Waals surface area (Å²) in [6, 6.07) is 0. The molecule has 5 atom stereocenters. The lowest BCUT2D eigenvalue weighted by Crippen LogP contribution is -2.40. The van der Waals surface area contributed by atoms with Crippen LogP contribution >= 0.6 is 0 Å². The van der Waals surface area contributed by atoms with Crippen LogP contribution in [0.25, 0.3) is 0 Å². The van der Waals surface area contributed by atoms with Crippen LogP contribution in [0.5, 0.6) is 0 Å². The van der Waals surface area contributed by atoms with Crippen LogP contribution < -0.4 is 0 Å². The Morgan fingerprint density at radius 2 is 1.85 bits per heavy atom. The Kier molecular flexibility index (Phi) is 3.28. The van der Waals surface area contributed by atoms with E-state index < -0.39 is 0 Å². The third-order valence-electron chi connectivity index (χ3n) is 7.95. The predicted molar refractivity (Wildman–Crippen MR) is 85.6 cm³/mol. The Labute approximate surface area is 125 Å². The molecule has 0 saturated heterocycles. The van der Waals surface area contributed by atoms with E-state index in [1.54, 1.807) is 12.8 Å². The summed E-state index contributed by atoms with van der Waals surface area (Å²) in [5.74, 6) is 4.10. The largest absolute Gasteiger partial charge is 0.0676 e. The summed E-state index contributed by atoms with van der Waals surface area (Å²) in [6.45, 7) is 5.09. The minimum absolute atomic E-state index is 0.699. The molecule has 3 fully saturated rings. The van der Waals surface area contributed by atoms with E-state index in [4.69, 9.17) is 0 Å². The quantitative estimate of drug-likeness (QED) is 0.504. The van der Waals surface area contributed by atoms with Crippen LogP contribution in [0, 0.1) is 29.1 Å². The van der Waals surface area contributed by atoms with Crippen molar-refractivity contribution in [2.24, 2.45) is 29.1 Å². The molecule has 112 valence electrons.